The first kappa shape index (κ1) is 14.5. The van der Waals surface area contributed by atoms with Crippen molar-refractivity contribution in [1.82, 2.24) is 5.43 Å². The van der Waals surface area contributed by atoms with Gasteiger partial charge in [-0.3, -0.25) is 10.1 Å². The van der Waals surface area contributed by atoms with Crippen molar-refractivity contribution < 1.29 is 14.1 Å². The monoisotopic (exact) mass is 308 g/mol. The van der Waals surface area contributed by atoms with Crippen LogP contribution in [-0.2, 0) is 0 Å². The molecule has 108 valence electrons. The van der Waals surface area contributed by atoms with Crippen molar-refractivity contribution >= 4 is 35.4 Å². The number of carbonyl (C=O) groups is 1. The van der Waals surface area contributed by atoms with Gasteiger partial charge in [0.25, 0.3) is 0 Å². The molecule has 0 spiro atoms. The average Bonchev–Trinajstić information content (AvgIpc) is 2.87. The van der Waals surface area contributed by atoms with Crippen LogP contribution < -0.4 is 10.7 Å². The van der Waals surface area contributed by atoms with Gasteiger partial charge in [0.1, 0.15) is 4.92 Å². The smallest absolute Gasteiger partial charge is 0.400 e. The fraction of sp³-hybridized carbons (Fsp3) is 0. The number of urea groups is 1. The summed E-state index contributed by atoms with van der Waals surface area (Å²) in [5.41, 5.74) is 2.69. The summed E-state index contributed by atoms with van der Waals surface area (Å²) >= 11 is 5.77. The fourth-order valence-corrected chi connectivity index (χ4v) is 1.58. The highest BCUT2D eigenvalue weighted by Gasteiger charge is 2.10. The van der Waals surface area contributed by atoms with E-state index in [1.54, 1.807) is 24.3 Å². The van der Waals surface area contributed by atoms with Crippen molar-refractivity contribution in [2.45, 2.75) is 0 Å². The maximum Gasteiger partial charge on any atom is 0.433 e. The summed E-state index contributed by atoms with van der Waals surface area (Å²) in [6.45, 7) is 0. The van der Waals surface area contributed by atoms with E-state index in [1.165, 1.54) is 12.1 Å². The number of nitrogens with one attached hydrogen (secondary N) is 2. The lowest BCUT2D eigenvalue weighted by Crippen LogP contribution is -2.24. The normalized spacial score (nSPS) is 10.5. The maximum absolute atomic E-state index is 11.5. The SMILES string of the molecule is O=C(N/N=C/c1ccc([N+](=O)[O-])o1)Nc1cccc(Cl)c1. The molecule has 0 aliphatic carbocycles. The van der Waals surface area contributed by atoms with Gasteiger partial charge in [-0.2, -0.15) is 5.10 Å². The number of nitro groups is 1. The third kappa shape index (κ3) is 4.32. The summed E-state index contributed by atoms with van der Waals surface area (Å²) in [6, 6.07) is 8.54. The van der Waals surface area contributed by atoms with E-state index < -0.39 is 16.8 Å². The largest absolute Gasteiger partial charge is 0.433 e. The molecule has 1 heterocycles. The van der Waals surface area contributed by atoms with Crippen molar-refractivity contribution in [1.29, 1.82) is 0 Å². The van der Waals surface area contributed by atoms with Crippen LogP contribution in [0.4, 0.5) is 16.4 Å². The Balaban J connectivity index is 1.88. The van der Waals surface area contributed by atoms with Gasteiger partial charge in [0.05, 0.1) is 12.3 Å². The lowest BCUT2D eigenvalue weighted by Gasteiger charge is -2.03. The molecule has 1 aromatic carbocycles. The zero-order valence-electron chi connectivity index (χ0n) is 10.4. The lowest BCUT2D eigenvalue weighted by atomic mass is 10.3. The van der Waals surface area contributed by atoms with Gasteiger partial charge in [0.15, 0.2) is 5.76 Å². The molecule has 0 fully saturated rings. The van der Waals surface area contributed by atoms with Crippen molar-refractivity contribution in [3.8, 4) is 0 Å². The van der Waals surface area contributed by atoms with Gasteiger partial charge in [-0.15, -0.1) is 0 Å². The summed E-state index contributed by atoms with van der Waals surface area (Å²) in [4.78, 5) is 21.2. The second-order valence-electron chi connectivity index (χ2n) is 3.77. The molecule has 2 N–H and O–H groups in total. The molecule has 8 nitrogen and oxygen atoms in total. The topological polar surface area (TPSA) is 110 Å². The zero-order chi connectivity index (χ0) is 15.2. The number of hydrogen-bond acceptors (Lipinski definition) is 5. The molecule has 9 heteroatoms. The molecule has 21 heavy (non-hydrogen) atoms. The predicted octanol–water partition coefficient (Wildman–Crippen LogP) is 3.00. The third-order valence-corrected chi connectivity index (χ3v) is 2.47. The lowest BCUT2D eigenvalue weighted by molar-refractivity contribution is -0.402. The molecule has 0 saturated carbocycles. The van der Waals surface area contributed by atoms with Crippen LogP contribution in [0.15, 0.2) is 45.9 Å². The first-order valence-electron chi connectivity index (χ1n) is 5.64. The van der Waals surface area contributed by atoms with Crippen molar-refractivity contribution in [3.63, 3.8) is 0 Å². The van der Waals surface area contributed by atoms with Crippen LogP contribution in [0.1, 0.15) is 5.76 Å². The summed E-state index contributed by atoms with van der Waals surface area (Å²) in [7, 11) is 0. The number of anilines is 1. The summed E-state index contributed by atoms with van der Waals surface area (Å²) < 4.78 is 4.82. The minimum atomic E-state index is -0.670. The maximum atomic E-state index is 11.5. The van der Waals surface area contributed by atoms with Crippen molar-refractivity contribution in [2.75, 3.05) is 5.32 Å². The Morgan fingerprint density at radius 2 is 2.19 bits per heavy atom. The second kappa shape index (κ2) is 6.53. The van der Waals surface area contributed by atoms with Gasteiger partial charge >= 0.3 is 11.9 Å². The highest BCUT2D eigenvalue weighted by atomic mass is 35.5. The number of rotatable bonds is 4. The Hall–Kier alpha value is -2.87. The number of carbonyl (C=O) groups excluding carboxylic acids is 1. The Morgan fingerprint density at radius 3 is 2.86 bits per heavy atom. The van der Waals surface area contributed by atoms with E-state index in [1.807, 2.05) is 0 Å². The van der Waals surface area contributed by atoms with Crippen LogP contribution in [0.3, 0.4) is 0 Å². The molecular weight excluding hydrogens is 300 g/mol. The van der Waals surface area contributed by atoms with Gasteiger partial charge < -0.3 is 9.73 Å². The quantitative estimate of drug-likeness (QED) is 0.514. The van der Waals surface area contributed by atoms with Gasteiger partial charge in [-0.1, -0.05) is 17.7 Å². The number of nitrogens with zero attached hydrogens (tertiary/aromatic N) is 2. The number of amides is 2. The molecule has 0 bridgehead atoms. The Bertz CT molecular complexity index is 698. The number of halogens is 1. The molecule has 0 atom stereocenters. The number of benzene rings is 1. The van der Waals surface area contributed by atoms with Crippen LogP contribution >= 0.6 is 11.6 Å². The van der Waals surface area contributed by atoms with E-state index in [4.69, 9.17) is 16.0 Å². The van der Waals surface area contributed by atoms with E-state index >= 15 is 0 Å². The zero-order valence-corrected chi connectivity index (χ0v) is 11.2. The van der Waals surface area contributed by atoms with Crippen LogP contribution in [-0.4, -0.2) is 17.2 Å². The molecule has 0 saturated heterocycles. The number of furan rings is 1. The fourth-order valence-electron chi connectivity index (χ4n) is 1.39. The average molecular weight is 309 g/mol. The summed E-state index contributed by atoms with van der Waals surface area (Å²) in [5.74, 6) is -0.260. The predicted molar refractivity (Wildman–Crippen MR) is 76.6 cm³/mol. The van der Waals surface area contributed by atoms with Gasteiger partial charge in [0, 0.05) is 10.7 Å². The van der Waals surface area contributed by atoms with Gasteiger partial charge in [0.2, 0.25) is 0 Å². The highest BCUT2D eigenvalue weighted by molar-refractivity contribution is 6.30. The molecule has 2 aromatic rings. The second-order valence-corrected chi connectivity index (χ2v) is 4.20. The molecule has 2 amide bonds. The van der Waals surface area contributed by atoms with Crippen molar-refractivity contribution in [2.24, 2.45) is 5.10 Å². The van der Waals surface area contributed by atoms with E-state index in [2.05, 4.69) is 15.8 Å². The Labute approximate surface area is 123 Å². The van der Waals surface area contributed by atoms with E-state index in [0.717, 1.165) is 6.21 Å². The molecule has 1 aromatic heterocycles. The van der Waals surface area contributed by atoms with Crippen LogP contribution in [0.2, 0.25) is 5.02 Å². The molecule has 2 rings (SSSR count). The van der Waals surface area contributed by atoms with E-state index in [-0.39, 0.29) is 5.76 Å². The Morgan fingerprint density at radius 1 is 1.38 bits per heavy atom. The molecule has 0 radical (unpaired) electrons. The highest BCUT2D eigenvalue weighted by Crippen LogP contribution is 2.15. The molecule has 0 aliphatic rings. The first-order chi connectivity index (χ1) is 10.0. The first-order valence-corrected chi connectivity index (χ1v) is 6.02. The van der Waals surface area contributed by atoms with Crippen LogP contribution in [0, 0.1) is 10.1 Å². The van der Waals surface area contributed by atoms with Crippen LogP contribution in [0.25, 0.3) is 0 Å². The number of hydrogen-bond donors (Lipinski definition) is 2. The summed E-state index contributed by atoms with van der Waals surface area (Å²) in [6.07, 6.45) is 1.14. The minimum absolute atomic E-state index is 0.143. The number of hydrazone groups is 1. The molecular formula is C12H9ClN4O4. The van der Waals surface area contributed by atoms with Crippen molar-refractivity contribution in [3.05, 3.63) is 57.3 Å². The Kier molecular flexibility index (Phi) is 4.52. The van der Waals surface area contributed by atoms with Crippen LogP contribution in [0.5, 0.6) is 0 Å². The molecule has 0 unspecified atom stereocenters. The third-order valence-electron chi connectivity index (χ3n) is 2.23. The van der Waals surface area contributed by atoms with E-state index in [9.17, 15) is 14.9 Å². The van der Waals surface area contributed by atoms with E-state index in [0.29, 0.717) is 10.7 Å². The summed E-state index contributed by atoms with van der Waals surface area (Å²) in [5, 5.41) is 17.0. The van der Waals surface area contributed by atoms with Gasteiger partial charge in [-0.25, -0.2) is 10.2 Å². The molecule has 0 aliphatic heterocycles. The van der Waals surface area contributed by atoms with Gasteiger partial charge in [-0.05, 0) is 24.3 Å². The standard InChI is InChI=1S/C12H9ClN4O4/c13-8-2-1-3-9(6-8)15-12(18)16-14-7-10-4-5-11(21-10)17(19)20/h1-7H,(H2,15,16,18)/b14-7+. The minimum Gasteiger partial charge on any atom is -0.400 e.